The van der Waals surface area contributed by atoms with Crippen LogP contribution in [0.3, 0.4) is 0 Å². The van der Waals surface area contributed by atoms with E-state index in [2.05, 4.69) is 40.2 Å². The molecule has 2 aliphatic carbocycles. The van der Waals surface area contributed by atoms with E-state index >= 15 is 0 Å². The van der Waals surface area contributed by atoms with Gasteiger partial charge in [-0.15, -0.1) is 0 Å². The first kappa shape index (κ1) is 12.2. The van der Waals surface area contributed by atoms with Gasteiger partial charge in [0.2, 0.25) is 0 Å². The molecule has 1 aromatic carbocycles. The lowest BCUT2D eigenvalue weighted by atomic mass is 9.69. The maximum absolute atomic E-state index is 11.4. The van der Waals surface area contributed by atoms with Crippen LogP contribution in [0.5, 0.6) is 0 Å². The van der Waals surface area contributed by atoms with Crippen LogP contribution in [0.2, 0.25) is 0 Å². The van der Waals surface area contributed by atoms with E-state index in [4.69, 9.17) is 4.74 Å². The van der Waals surface area contributed by atoms with E-state index in [1.165, 1.54) is 25.5 Å². The van der Waals surface area contributed by atoms with Crippen LogP contribution in [-0.4, -0.2) is 13.1 Å². The van der Waals surface area contributed by atoms with Crippen molar-refractivity contribution < 1.29 is 9.53 Å². The van der Waals surface area contributed by atoms with Crippen LogP contribution in [0.4, 0.5) is 0 Å². The summed E-state index contributed by atoms with van der Waals surface area (Å²) in [5.74, 6) is 2.23. The van der Waals surface area contributed by atoms with Crippen molar-refractivity contribution in [3.8, 4) is 0 Å². The van der Waals surface area contributed by atoms with Gasteiger partial charge in [0.15, 0.2) is 0 Å². The molecule has 0 aliphatic heterocycles. The fourth-order valence-electron chi connectivity index (χ4n) is 3.18. The lowest BCUT2D eigenvalue weighted by Gasteiger charge is -2.36. The molecular weight excluding hydrogens is 292 g/mol. The molecule has 2 aliphatic rings. The van der Waals surface area contributed by atoms with Gasteiger partial charge in [0.25, 0.3) is 0 Å². The molecule has 3 heteroatoms. The number of rotatable bonds is 3. The molecule has 0 amide bonds. The minimum Gasteiger partial charge on any atom is -0.469 e. The summed E-state index contributed by atoms with van der Waals surface area (Å²) in [5.41, 5.74) is 1.43. The van der Waals surface area contributed by atoms with E-state index in [1.807, 2.05) is 0 Å². The number of carbonyl (C=O) groups is 1. The molecule has 0 N–H and O–H groups in total. The van der Waals surface area contributed by atoms with E-state index in [0.29, 0.717) is 11.8 Å². The highest BCUT2D eigenvalue weighted by atomic mass is 79.9. The molecule has 96 valence electrons. The minimum absolute atomic E-state index is 0.00732. The molecule has 0 radical (unpaired) electrons. The number of ether oxygens (including phenoxy) is 1. The molecule has 2 nitrogen and oxygen atoms in total. The summed E-state index contributed by atoms with van der Waals surface area (Å²) in [7, 11) is 1.49. The Morgan fingerprint density at radius 1 is 1.22 bits per heavy atom. The van der Waals surface area contributed by atoms with Gasteiger partial charge in [0, 0.05) is 4.47 Å². The third-order valence-electron chi connectivity index (χ3n) is 4.47. The summed E-state index contributed by atoms with van der Waals surface area (Å²) in [5, 5.41) is 0. The van der Waals surface area contributed by atoms with Crippen molar-refractivity contribution in [1.82, 2.24) is 0 Å². The lowest BCUT2D eigenvalue weighted by molar-refractivity contribution is -0.142. The standard InChI is InChI=1S/C15H17BrO2/c1-18-15(17)14-8-13(14)11-6-10(7-11)9-2-4-12(16)5-3-9/h2-5,10-11,13-14H,6-8H2,1H3/t10?,11?,13?,14-/m0/s1. The monoisotopic (exact) mass is 308 g/mol. The number of benzene rings is 1. The quantitative estimate of drug-likeness (QED) is 0.795. The van der Waals surface area contributed by atoms with Crippen molar-refractivity contribution in [3.63, 3.8) is 0 Å². The van der Waals surface area contributed by atoms with Crippen molar-refractivity contribution >= 4 is 21.9 Å². The fraction of sp³-hybridized carbons (Fsp3) is 0.533. The van der Waals surface area contributed by atoms with Gasteiger partial charge in [-0.3, -0.25) is 4.79 Å². The lowest BCUT2D eigenvalue weighted by Crippen LogP contribution is -2.25. The topological polar surface area (TPSA) is 26.3 Å². The Bertz CT molecular complexity index is 448. The van der Waals surface area contributed by atoms with Crippen molar-refractivity contribution in [3.05, 3.63) is 34.3 Å². The second-order valence-corrected chi connectivity index (χ2v) is 6.42. The first-order valence-corrected chi connectivity index (χ1v) is 7.31. The Kier molecular flexibility index (Phi) is 3.18. The van der Waals surface area contributed by atoms with E-state index in [1.54, 1.807) is 0 Å². The molecule has 1 aromatic rings. The predicted octanol–water partition coefficient (Wildman–Crippen LogP) is 3.75. The normalized spacial score (nSPS) is 33.7. The van der Waals surface area contributed by atoms with Crippen LogP contribution in [0, 0.1) is 17.8 Å². The van der Waals surface area contributed by atoms with Gasteiger partial charge in [-0.05, 0) is 54.7 Å². The number of hydrogen-bond acceptors (Lipinski definition) is 2. The van der Waals surface area contributed by atoms with Gasteiger partial charge < -0.3 is 4.74 Å². The Morgan fingerprint density at radius 3 is 2.50 bits per heavy atom. The Labute approximate surface area is 116 Å². The number of carbonyl (C=O) groups excluding carboxylic acids is 1. The molecule has 1 unspecified atom stereocenters. The number of halogens is 1. The van der Waals surface area contributed by atoms with Gasteiger partial charge in [-0.2, -0.15) is 0 Å². The van der Waals surface area contributed by atoms with E-state index in [9.17, 15) is 4.79 Å². The molecule has 0 saturated heterocycles. The van der Waals surface area contributed by atoms with E-state index < -0.39 is 0 Å². The highest BCUT2D eigenvalue weighted by Crippen LogP contribution is 2.56. The molecular formula is C15H17BrO2. The van der Waals surface area contributed by atoms with Gasteiger partial charge in [-0.25, -0.2) is 0 Å². The molecule has 3 rings (SSSR count). The summed E-state index contributed by atoms with van der Waals surface area (Å²) in [6.07, 6.45) is 3.52. The van der Waals surface area contributed by atoms with Crippen LogP contribution in [0.25, 0.3) is 0 Å². The summed E-state index contributed by atoms with van der Waals surface area (Å²) >= 11 is 3.46. The summed E-state index contributed by atoms with van der Waals surface area (Å²) in [4.78, 5) is 11.4. The molecule has 0 heterocycles. The van der Waals surface area contributed by atoms with Crippen molar-refractivity contribution in [2.24, 2.45) is 17.8 Å². The third kappa shape index (κ3) is 2.20. The smallest absolute Gasteiger partial charge is 0.308 e. The van der Waals surface area contributed by atoms with Crippen LogP contribution in [-0.2, 0) is 9.53 Å². The highest BCUT2D eigenvalue weighted by molar-refractivity contribution is 9.10. The van der Waals surface area contributed by atoms with Gasteiger partial charge >= 0.3 is 5.97 Å². The zero-order valence-corrected chi connectivity index (χ0v) is 12.0. The van der Waals surface area contributed by atoms with Crippen LogP contribution >= 0.6 is 15.9 Å². The van der Waals surface area contributed by atoms with Crippen molar-refractivity contribution in [2.45, 2.75) is 25.2 Å². The molecule has 2 fully saturated rings. The minimum atomic E-state index is -0.00732. The Morgan fingerprint density at radius 2 is 1.89 bits per heavy atom. The number of esters is 1. The summed E-state index contributed by atoms with van der Waals surface area (Å²) in [6.45, 7) is 0. The molecule has 0 aromatic heterocycles. The maximum atomic E-state index is 11.4. The Balaban J connectivity index is 1.52. The number of hydrogen-bond donors (Lipinski definition) is 0. The largest absolute Gasteiger partial charge is 0.469 e. The van der Waals surface area contributed by atoms with Crippen LogP contribution in [0.1, 0.15) is 30.7 Å². The third-order valence-corrected chi connectivity index (χ3v) is 4.99. The van der Waals surface area contributed by atoms with Gasteiger partial charge in [0.05, 0.1) is 13.0 Å². The number of methoxy groups -OCH3 is 1. The second kappa shape index (κ2) is 4.69. The second-order valence-electron chi connectivity index (χ2n) is 5.51. The van der Waals surface area contributed by atoms with Crippen molar-refractivity contribution in [1.29, 1.82) is 0 Å². The summed E-state index contributed by atoms with van der Waals surface area (Å²) in [6, 6.07) is 8.62. The van der Waals surface area contributed by atoms with Gasteiger partial charge in [-0.1, -0.05) is 28.1 Å². The predicted molar refractivity (Wildman–Crippen MR) is 73.2 cm³/mol. The average molecular weight is 309 g/mol. The van der Waals surface area contributed by atoms with Crippen LogP contribution < -0.4 is 0 Å². The van der Waals surface area contributed by atoms with E-state index in [0.717, 1.165) is 16.8 Å². The van der Waals surface area contributed by atoms with E-state index in [-0.39, 0.29) is 11.9 Å². The maximum Gasteiger partial charge on any atom is 0.308 e. The molecule has 2 atom stereocenters. The molecule has 0 bridgehead atoms. The average Bonchev–Trinajstić information content (AvgIpc) is 3.09. The zero-order chi connectivity index (χ0) is 12.7. The SMILES string of the molecule is COC(=O)[C@H]1CC1C1CC(c2ccc(Br)cc2)C1. The van der Waals surface area contributed by atoms with Crippen molar-refractivity contribution in [2.75, 3.05) is 7.11 Å². The Hall–Kier alpha value is -0.830. The first-order valence-electron chi connectivity index (χ1n) is 6.52. The fourth-order valence-corrected chi connectivity index (χ4v) is 3.44. The molecule has 2 saturated carbocycles. The van der Waals surface area contributed by atoms with Gasteiger partial charge in [0.1, 0.15) is 0 Å². The first-order chi connectivity index (χ1) is 8.69. The summed E-state index contributed by atoms with van der Waals surface area (Å²) < 4.78 is 5.94. The van der Waals surface area contributed by atoms with Crippen LogP contribution in [0.15, 0.2) is 28.7 Å². The molecule has 18 heavy (non-hydrogen) atoms. The zero-order valence-electron chi connectivity index (χ0n) is 10.4. The molecule has 0 spiro atoms. The highest BCUT2D eigenvalue weighted by Gasteiger charge is 2.52.